The number of hydrogen-bond donors (Lipinski definition) is 1. The molecule has 4 rings (SSSR count). The molecule has 40 heavy (non-hydrogen) atoms. The van der Waals surface area contributed by atoms with Crippen molar-refractivity contribution in [3.8, 4) is 11.1 Å². The van der Waals surface area contributed by atoms with Gasteiger partial charge in [0.1, 0.15) is 0 Å². The Balaban J connectivity index is 1.41. The number of piperazine rings is 1. The summed E-state index contributed by atoms with van der Waals surface area (Å²) >= 11 is 0. The fourth-order valence-electron chi connectivity index (χ4n) is 4.80. The van der Waals surface area contributed by atoms with Gasteiger partial charge >= 0.3 is 0 Å². The van der Waals surface area contributed by atoms with Crippen LogP contribution in [0.25, 0.3) is 11.1 Å². The van der Waals surface area contributed by atoms with Crippen LogP contribution < -0.4 is 10.2 Å². The topological polar surface area (TPSA) is 90.6 Å². The molecule has 1 unspecified atom stereocenters. The van der Waals surface area contributed by atoms with Crippen molar-refractivity contribution in [2.75, 3.05) is 51.7 Å². The number of nitrogens with one attached hydrogen (secondary N) is 1. The maximum absolute atomic E-state index is 12.6. The average molecular weight is 546 g/mol. The molecule has 1 fully saturated rings. The molecule has 0 spiro atoms. The Morgan fingerprint density at radius 2 is 2.00 bits per heavy atom. The fraction of sp³-hybridized carbons (Fsp3) is 0.484. The summed E-state index contributed by atoms with van der Waals surface area (Å²) in [7, 11) is 4.18. The average Bonchev–Trinajstić information content (AvgIpc) is 3.42. The van der Waals surface area contributed by atoms with Crippen LogP contribution in [0.5, 0.6) is 0 Å². The zero-order valence-corrected chi connectivity index (χ0v) is 24.9. The van der Waals surface area contributed by atoms with Crippen LogP contribution in [-0.4, -0.2) is 83.7 Å². The standard InChI is InChI=1S/C31H43N7O2/c1-22-18-24(10-11-25(22)19-33-29(39)28-34-30(40-35-28)31(3,4)5)26-12-13-32-20-27(26)38-17-16-37(23(2)21-38)15-9-8-14-36(6)7/h8-13,18,20,23H,14-17,19,21H2,1-7H3,(H,33,39)/b9-8+. The number of aryl methyl sites for hydroxylation is 1. The lowest BCUT2D eigenvalue weighted by Gasteiger charge is -2.41. The molecule has 2 aromatic heterocycles. The molecule has 0 aliphatic carbocycles. The van der Waals surface area contributed by atoms with E-state index < -0.39 is 0 Å². The van der Waals surface area contributed by atoms with E-state index in [4.69, 9.17) is 4.52 Å². The number of nitrogens with zero attached hydrogens (tertiary/aromatic N) is 6. The highest BCUT2D eigenvalue weighted by molar-refractivity contribution is 5.90. The van der Waals surface area contributed by atoms with Gasteiger partial charge in [-0.05, 0) is 50.7 Å². The molecule has 9 nitrogen and oxygen atoms in total. The van der Waals surface area contributed by atoms with Gasteiger partial charge in [0.25, 0.3) is 11.7 Å². The molecule has 1 aliphatic heterocycles. The Labute approximate surface area is 238 Å². The van der Waals surface area contributed by atoms with Crippen LogP contribution in [0.15, 0.2) is 53.3 Å². The lowest BCUT2D eigenvalue weighted by molar-refractivity contribution is 0.0937. The summed E-state index contributed by atoms with van der Waals surface area (Å²) in [4.78, 5) is 28.5. The monoisotopic (exact) mass is 545 g/mol. The predicted molar refractivity (Wildman–Crippen MR) is 160 cm³/mol. The molecular weight excluding hydrogens is 502 g/mol. The van der Waals surface area contributed by atoms with Crippen molar-refractivity contribution < 1.29 is 9.32 Å². The van der Waals surface area contributed by atoms with Crippen molar-refractivity contribution in [1.29, 1.82) is 0 Å². The number of carbonyl (C=O) groups excluding carboxylic acids is 1. The molecule has 1 N–H and O–H groups in total. The van der Waals surface area contributed by atoms with Gasteiger partial charge in [-0.1, -0.05) is 56.3 Å². The van der Waals surface area contributed by atoms with Gasteiger partial charge in [0.2, 0.25) is 5.89 Å². The number of pyridine rings is 1. The van der Waals surface area contributed by atoms with Crippen LogP contribution in [0.4, 0.5) is 5.69 Å². The fourth-order valence-corrected chi connectivity index (χ4v) is 4.80. The maximum Gasteiger partial charge on any atom is 0.292 e. The predicted octanol–water partition coefficient (Wildman–Crippen LogP) is 4.30. The summed E-state index contributed by atoms with van der Waals surface area (Å²) < 4.78 is 5.26. The minimum Gasteiger partial charge on any atom is -0.367 e. The van der Waals surface area contributed by atoms with E-state index in [0.29, 0.717) is 18.5 Å². The lowest BCUT2D eigenvalue weighted by Crippen LogP contribution is -2.52. The summed E-state index contributed by atoms with van der Waals surface area (Å²) in [5.74, 6) is 0.152. The maximum atomic E-state index is 12.6. The molecule has 1 aliphatic rings. The lowest BCUT2D eigenvalue weighted by atomic mass is 9.97. The summed E-state index contributed by atoms with van der Waals surface area (Å²) in [5, 5.41) is 6.76. The molecule has 1 atom stereocenters. The highest BCUT2D eigenvalue weighted by atomic mass is 16.5. The highest BCUT2D eigenvalue weighted by Crippen LogP contribution is 2.32. The number of carbonyl (C=O) groups is 1. The number of aromatic nitrogens is 3. The quantitative estimate of drug-likeness (QED) is 0.398. The van der Waals surface area contributed by atoms with Gasteiger partial charge in [-0.2, -0.15) is 4.98 Å². The minimum atomic E-state index is -0.347. The number of anilines is 1. The molecular formula is C31H43N7O2. The van der Waals surface area contributed by atoms with E-state index >= 15 is 0 Å². The summed E-state index contributed by atoms with van der Waals surface area (Å²) in [6.07, 6.45) is 8.35. The Kier molecular flexibility index (Phi) is 9.37. The van der Waals surface area contributed by atoms with E-state index in [1.807, 2.05) is 33.2 Å². The molecule has 1 amide bonds. The van der Waals surface area contributed by atoms with Crippen molar-refractivity contribution in [3.63, 3.8) is 0 Å². The van der Waals surface area contributed by atoms with E-state index in [9.17, 15) is 4.79 Å². The molecule has 9 heteroatoms. The Morgan fingerprint density at radius 1 is 1.20 bits per heavy atom. The minimum absolute atomic E-state index is 0.0551. The van der Waals surface area contributed by atoms with Gasteiger partial charge in [0.05, 0.1) is 11.9 Å². The summed E-state index contributed by atoms with van der Waals surface area (Å²) in [6, 6.07) is 8.91. The molecule has 1 aromatic carbocycles. The van der Waals surface area contributed by atoms with E-state index in [-0.39, 0.29) is 17.1 Å². The molecule has 214 valence electrons. The second-order valence-corrected chi connectivity index (χ2v) is 11.9. The Bertz CT molecular complexity index is 1330. The number of amides is 1. The van der Waals surface area contributed by atoms with Gasteiger partial charge in [-0.15, -0.1) is 0 Å². The van der Waals surface area contributed by atoms with E-state index in [2.05, 4.69) is 99.5 Å². The third kappa shape index (κ3) is 7.34. The van der Waals surface area contributed by atoms with Crippen molar-refractivity contribution in [3.05, 3.63) is 71.7 Å². The number of likely N-dealkylation sites (N-methyl/N-ethyl adjacent to an activating group) is 1. The number of benzene rings is 1. The summed E-state index contributed by atoms with van der Waals surface area (Å²) in [5.41, 5.74) is 5.30. The third-order valence-electron chi connectivity index (χ3n) is 7.25. The van der Waals surface area contributed by atoms with Gasteiger partial charge < -0.3 is 19.6 Å². The molecule has 3 heterocycles. The van der Waals surface area contributed by atoms with Gasteiger partial charge in [-0.3, -0.25) is 14.7 Å². The molecule has 3 aromatic rings. The summed E-state index contributed by atoms with van der Waals surface area (Å²) in [6.45, 7) is 15.5. The second-order valence-electron chi connectivity index (χ2n) is 11.9. The van der Waals surface area contributed by atoms with Crippen LogP contribution in [0.3, 0.4) is 0 Å². The van der Waals surface area contributed by atoms with E-state index in [1.54, 1.807) is 0 Å². The van der Waals surface area contributed by atoms with Crippen LogP contribution in [-0.2, 0) is 12.0 Å². The second kappa shape index (κ2) is 12.7. The first-order valence-corrected chi connectivity index (χ1v) is 14.0. The van der Waals surface area contributed by atoms with Crippen LogP contribution in [0.1, 0.15) is 55.3 Å². The normalized spacial score (nSPS) is 16.7. The zero-order valence-electron chi connectivity index (χ0n) is 24.9. The van der Waals surface area contributed by atoms with Crippen LogP contribution in [0, 0.1) is 6.92 Å². The van der Waals surface area contributed by atoms with E-state index in [0.717, 1.165) is 55.1 Å². The van der Waals surface area contributed by atoms with Crippen molar-refractivity contribution >= 4 is 11.6 Å². The first kappa shape index (κ1) is 29.4. The van der Waals surface area contributed by atoms with Crippen molar-refractivity contribution in [1.82, 2.24) is 30.2 Å². The van der Waals surface area contributed by atoms with Gasteiger partial charge in [-0.25, -0.2) is 0 Å². The van der Waals surface area contributed by atoms with Gasteiger partial charge in [0, 0.05) is 62.5 Å². The van der Waals surface area contributed by atoms with Gasteiger partial charge in [0.15, 0.2) is 0 Å². The van der Waals surface area contributed by atoms with Crippen molar-refractivity contribution in [2.24, 2.45) is 0 Å². The zero-order chi connectivity index (χ0) is 28.9. The molecule has 0 radical (unpaired) electrons. The number of rotatable bonds is 9. The molecule has 0 bridgehead atoms. The Morgan fingerprint density at radius 3 is 2.67 bits per heavy atom. The number of hydrogen-bond acceptors (Lipinski definition) is 8. The van der Waals surface area contributed by atoms with Crippen LogP contribution >= 0.6 is 0 Å². The smallest absolute Gasteiger partial charge is 0.292 e. The molecule has 1 saturated heterocycles. The van der Waals surface area contributed by atoms with Crippen molar-refractivity contribution in [2.45, 2.75) is 52.6 Å². The third-order valence-corrected chi connectivity index (χ3v) is 7.25. The first-order chi connectivity index (χ1) is 19.0. The van der Waals surface area contributed by atoms with Crippen LogP contribution in [0.2, 0.25) is 0 Å². The largest absolute Gasteiger partial charge is 0.367 e. The highest BCUT2D eigenvalue weighted by Gasteiger charge is 2.26. The molecule has 0 saturated carbocycles. The first-order valence-electron chi connectivity index (χ1n) is 14.0. The Hall–Kier alpha value is -3.56. The SMILES string of the molecule is Cc1cc(-c2ccncc2N2CCN(C/C=C/CN(C)C)C(C)C2)ccc1CNC(=O)c1noc(C(C)(C)C)n1. The van der Waals surface area contributed by atoms with E-state index in [1.165, 1.54) is 5.56 Å².